The Morgan fingerprint density at radius 1 is 0.742 bits per heavy atom. The predicted octanol–water partition coefficient (Wildman–Crippen LogP) is 4.23. The van der Waals surface area contributed by atoms with Crippen LogP contribution in [0.5, 0.6) is 5.75 Å². The number of rotatable bonds is 18. The molecule has 3 nitrogen and oxygen atoms in total. The summed E-state index contributed by atoms with van der Waals surface area (Å²) in [6, 6.07) is 8.53. The molecule has 31 heavy (non-hydrogen) atoms. The van der Waals surface area contributed by atoms with E-state index >= 15 is 0 Å². The first-order chi connectivity index (χ1) is 14.8. The van der Waals surface area contributed by atoms with Gasteiger partial charge in [-0.15, -0.1) is 0 Å². The van der Waals surface area contributed by atoms with Crippen molar-refractivity contribution in [3.05, 3.63) is 48.5 Å². The zero-order valence-electron chi connectivity index (χ0n) is 20.0. The molecule has 1 aromatic carbocycles. The minimum atomic E-state index is 0. The van der Waals surface area contributed by atoms with Crippen LogP contribution < -0.4 is 26.3 Å². The standard InChI is InChI=1S/C27H45N2O.BrH/c1-3-4-5-6-7-8-9-10-11-12-13-14-15-16-23-30-27-19-17-26(18-20-27)24-29-22-21-28(2)25-29;/h17-22,25H,3-16,23-24H2,1-2H3;1H/q+1;/p-1. The lowest BCUT2D eigenvalue weighted by Crippen LogP contribution is -3.00. The van der Waals surface area contributed by atoms with E-state index in [0.29, 0.717) is 0 Å². The van der Waals surface area contributed by atoms with Gasteiger partial charge in [0.2, 0.25) is 6.33 Å². The van der Waals surface area contributed by atoms with Crippen LogP contribution in [-0.2, 0) is 13.6 Å². The van der Waals surface area contributed by atoms with Gasteiger partial charge in [-0.25, -0.2) is 9.13 Å². The molecule has 0 fully saturated rings. The van der Waals surface area contributed by atoms with Crippen molar-refractivity contribution in [2.75, 3.05) is 6.61 Å². The summed E-state index contributed by atoms with van der Waals surface area (Å²) in [7, 11) is 2.05. The molecule has 1 heterocycles. The Kier molecular flexibility index (Phi) is 16.4. The summed E-state index contributed by atoms with van der Waals surface area (Å²) in [6.45, 7) is 4.03. The second-order valence-electron chi connectivity index (χ2n) is 8.84. The van der Waals surface area contributed by atoms with Gasteiger partial charge in [-0.1, -0.05) is 103 Å². The van der Waals surface area contributed by atoms with E-state index in [0.717, 1.165) is 18.9 Å². The summed E-state index contributed by atoms with van der Waals surface area (Å²) < 4.78 is 10.2. The highest BCUT2D eigenvalue weighted by molar-refractivity contribution is 5.27. The lowest BCUT2D eigenvalue weighted by Gasteiger charge is -2.07. The molecule has 2 aromatic rings. The minimum Gasteiger partial charge on any atom is -1.00 e. The van der Waals surface area contributed by atoms with Crippen molar-refractivity contribution in [2.24, 2.45) is 7.05 Å². The number of halogens is 1. The third-order valence-corrected chi connectivity index (χ3v) is 5.88. The lowest BCUT2D eigenvalue weighted by molar-refractivity contribution is -0.671. The van der Waals surface area contributed by atoms with Crippen LogP contribution in [0.2, 0.25) is 0 Å². The van der Waals surface area contributed by atoms with Crippen LogP contribution in [0.15, 0.2) is 43.0 Å². The van der Waals surface area contributed by atoms with Gasteiger partial charge < -0.3 is 21.7 Å². The molecule has 0 spiro atoms. The molecule has 1 aromatic heterocycles. The van der Waals surface area contributed by atoms with Gasteiger partial charge in [0, 0.05) is 0 Å². The van der Waals surface area contributed by atoms with Crippen LogP contribution >= 0.6 is 0 Å². The van der Waals surface area contributed by atoms with Crippen LogP contribution in [0.1, 0.15) is 102 Å². The fourth-order valence-electron chi connectivity index (χ4n) is 3.98. The van der Waals surface area contributed by atoms with Crippen molar-refractivity contribution in [2.45, 2.75) is 103 Å². The number of hydrogen-bond acceptors (Lipinski definition) is 1. The monoisotopic (exact) mass is 492 g/mol. The average Bonchev–Trinajstić information content (AvgIpc) is 3.16. The van der Waals surface area contributed by atoms with Gasteiger partial charge in [0.05, 0.1) is 13.7 Å². The number of nitrogens with zero attached hydrogens (tertiary/aromatic N) is 2. The zero-order chi connectivity index (χ0) is 21.3. The van der Waals surface area contributed by atoms with E-state index in [4.69, 9.17) is 4.74 Å². The van der Waals surface area contributed by atoms with Gasteiger partial charge in [0.1, 0.15) is 24.7 Å². The Morgan fingerprint density at radius 3 is 1.74 bits per heavy atom. The quantitative estimate of drug-likeness (QED) is 0.225. The number of unbranched alkanes of at least 4 members (excludes halogenated alkanes) is 13. The van der Waals surface area contributed by atoms with Crippen LogP contribution in [0.3, 0.4) is 0 Å². The second-order valence-corrected chi connectivity index (χ2v) is 8.84. The second kappa shape index (κ2) is 18.3. The molecule has 0 aliphatic rings. The SMILES string of the molecule is CCCCCCCCCCCCCCCCOc1ccc(Cn2cc[n+](C)c2)cc1.[Br-]. The van der Waals surface area contributed by atoms with Gasteiger partial charge in [0.25, 0.3) is 0 Å². The van der Waals surface area contributed by atoms with Gasteiger partial charge in [-0.05, 0) is 24.1 Å². The summed E-state index contributed by atoms with van der Waals surface area (Å²) in [5.41, 5.74) is 1.30. The third kappa shape index (κ3) is 13.7. The van der Waals surface area contributed by atoms with Crippen molar-refractivity contribution < 1.29 is 26.3 Å². The van der Waals surface area contributed by atoms with E-state index in [2.05, 4.69) is 59.0 Å². The fourth-order valence-corrected chi connectivity index (χ4v) is 3.98. The predicted molar refractivity (Wildman–Crippen MR) is 127 cm³/mol. The lowest BCUT2D eigenvalue weighted by atomic mass is 10.0. The van der Waals surface area contributed by atoms with Gasteiger partial charge in [0.15, 0.2) is 0 Å². The maximum Gasteiger partial charge on any atom is 0.243 e. The molecule has 0 radical (unpaired) electrons. The first-order valence-electron chi connectivity index (χ1n) is 12.5. The van der Waals surface area contributed by atoms with E-state index in [1.807, 2.05) is 7.05 Å². The molecule has 0 amide bonds. The summed E-state index contributed by atoms with van der Waals surface area (Å²) in [4.78, 5) is 0. The molecule has 0 aliphatic carbocycles. The van der Waals surface area contributed by atoms with Gasteiger partial charge in [-0.3, -0.25) is 0 Å². The minimum absolute atomic E-state index is 0. The van der Waals surface area contributed by atoms with Crippen LogP contribution in [-0.4, -0.2) is 11.2 Å². The third-order valence-electron chi connectivity index (χ3n) is 5.88. The molecule has 2 rings (SSSR count). The maximum atomic E-state index is 5.91. The normalized spacial score (nSPS) is 10.8. The average molecular weight is 494 g/mol. The highest BCUT2D eigenvalue weighted by Crippen LogP contribution is 2.15. The first kappa shape index (κ1) is 27.7. The molecule has 0 N–H and O–H groups in total. The zero-order valence-corrected chi connectivity index (χ0v) is 21.6. The fraction of sp³-hybridized carbons (Fsp3) is 0.667. The number of ether oxygens (including phenoxy) is 1. The Balaban J connectivity index is 0.00000480. The highest BCUT2D eigenvalue weighted by Gasteiger charge is 2.02. The van der Waals surface area contributed by atoms with Crippen molar-refractivity contribution in [3.63, 3.8) is 0 Å². The van der Waals surface area contributed by atoms with Gasteiger partial charge >= 0.3 is 0 Å². The molecular weight excluding hydrogens is 448 g/mol. The number of imidazole rings is 1. The van der Waals surface area contributed by atoms with E-state index < -0.39 is 0 Å². The molecule has 0 unspecified atom stereocenters. The molecule has 176 valence electrons. The Morgan fingerprint density at radius 2 is 1.26 bits per heavy atom. The summed E-state index contributed by atoms with van der Waals surface area (Å²) in [6.07, 6.45) is 25.8. The van der Waals surface area contributed by atoms with E-state index in [9.17, 15) is 0 Å². The van der Waals surface area contributed by atoms with Crippen LogP contribution in [0.25, 0.3) is 0 Å². The Labute approximate surface area is 202 Å². The van der Waals surface area contributed by atoms with E-state index in [1.165, 1.54) is 95.5 Å². The topological polar surface area (TPSA) is 18.0 Å². The van der Waals surface area contributed by atoms with E-state index in [1.54, 1.807) is 0 Å². The van der Waals surface area contributed by atoms with Crippen LogP contribution in [0, 0.1) is 0 Å². The van der Waals surface area contributed by atoms with Gasteiger partial charge in [-0.2, -0.15) is 0 Å². The molecule has 0 saturated carbocycles. The molecule has 0 bridgehead atoms. The molecule has 0 atom stereocenters. The number of aromatic nitrogens is 2. The molecule has 4 heteroatoms. The van der Waals surface area contributed by atoms with Crippen molar-refractivity contribution in [1.82, 2.24) is 4.57 Å². The van der Waals surface area contributed by atoms with Crippen molar-refractivity contribution >= 4 is 0 Å². The Hall–Kier alpha value is -1.29. The summed E-state index contributed by atoms with van der Waals surface area (Å²) in [5.74, 6) is 0.992. The maximum absolute atomic E-state index is 5.91. The smallest absolute Gasteiger partial charge is 0.243 e. The first-order valence-corrected chi connectivity index (χ1v) is 12.5. The van der Waals surface area contributed by atoms with Crippen molar-refractivity contribution in [3.8, 4) is 5.75 Å². The number of benzene rings is 1. The summed E-state index contributed by atoms with van der Waals surface area (Å²) >= 11 is 0. The number of aryl methyl sites for hydroxylation is 1. The van der Waals surface area contributed by atoms with Crippen LogP contribution in [0.4, 0.5) is 0 Å². The Bertz CT molecular complexity index is 654. The molecular formula is C27H45BrN2O. The molecule has 0 aliphatic heterocycles. The van der Waals surface area contributed by atoms with E-state index in [-0.39, 0.29) is 17.0 Å². The highest BCUT2D eigenvalue weighted by atomic mass is 79.9. The number of hydrogen-bond donors (Lipinski definition) is 0. The molecule has 0 saturated heterocycles. The summed E-state index contributed by atoms with van der Waals surface area (Å²) in [5, 5.41) is 0. The van der Waals surface area contributed by atoms with Crippen molar-refractivity contribution in [1.29, 1.82) is 0 Å². The largest absolute Gasteiger partial charge is 1.00 e.